The molecule has 0 spiro atoms. The molecule has 212 valence electrons. The summed E-state index contributed by atoms with van der Waals surface area (Å²) >= 11 is 0. The fourth-order valence-corrected chi connectivity index (χ4v) is 4.11. The first kappa shape index (κ1) is 29.9. The highest BCUT2D eigenvalue weighted by Crippen LogP contribution is 2.38. The van der Waals surface area contributed by atoms with Crippen molar-refractivity contribution < 1.29 is 32.8 Å². The van der Waals surface area contributed by atoms with Crippen LogP contribution < -0.4 is 22.0 Å². The van der Waals surface area contributed by atoms with Gasteiger partial charge in [0.15, 0.2) is 0 Å². The Morgan fingerprint density at radius 1 is 1.20 bits per heavy atom. The number of hydrazine groups is 1. The van der Waals surface area contributed by atoms with Gasteiger partial charge < -0.3 is 15.6 Å². The number of hydrogen-bond donors (Lipinski definition) is 4. The maximum atomic E-state index is 13.5. The van der Waals surface area contributed by atoms with Crippen molar-refractivity contribution in [2.24, 2.45) is 11.6 Å². The zero-order valence-corrected chi connectivity index (χ0v) is 21.7. The third kappa shape index (κ3) is 6.33. The van der Waals surface area contributed by atoms with Gasteiger partial charge in [-0.3, -0.25) is 14.8 Å². The van der Waals surface area contributed by atoms with E-state index in [9.17, 15) is 27.6 Å². The maximum Gasteiger partial charge on any atom is 0.417 e. The van der Waals surface area contributed by atoms with Crippen molar-refractivity contribution in [1.29, 1.82) is 5.26 Å². The summed E-state index contributed by atoms with van der Waals surface area (Å²) < 4.78 is 40.4. The second-order valence-electron chi connectivity index (χ2n) is 9.57. The predicted octanol–water partition coefficient (Wildman–Crippen LogP) is 3.04. The summed E-state index contributed by atoms with van der Waals surface area (Å²) in [6, 6.07) is 10.1. The lowest BCUT2D eigenvalue weighted by Crippen LogP contribution is -2.43. The second-order valence-corrected chi connectivity index (χ2v) is 9.57. The smallest absolute Gasteiger partial charge is 0.397 e. The van der Waals surface area contributed by atoms with Gasteiger partial charge in [-0.05, 0) is 49.6 Å². The molecular weight excluding hydrogens is 531 g/mol. The van der Waals surface area contributed by atoms with E-state index in [1.165, 1.54) is 41.5 Å². The van der Waals surface area contributed by atoms with Gasteiger partial charge in [-0.25, -0.2) is 21.0 Å². The predicted molar refractivity (Wildman–Crippen MR) is 137 cm³/mol. The molecule has 0 unspecified atom stereocenters. The van der Waals surface area contributed by atoms with Crippen LogP contribution in [0.15, 0.2) is 48.7 Å². The summed E-state index contributed by atoms with van der Waals surface area (Å²) in [4.78, 5) is 39.5. The number of nitrogens with zero attached hydrogens (tertiary/aromatic N) is 4. The molecule has 2 aromatic carbocycles. The summed E-state index contributed by atoms with van der Waals surface area (Å²) in [5, 5.41) is 18.9. The molecule has 14 heteroatoms. The first-order valence-corrected chi connectivity index (χ1v) is 12.0. The standard InChI is InChI=1S/C26H28F3N7O4/c1-25(2)23(38)36(19-10-9-18(13-30)20(12-19)26(27,28)29)24(39)35(25)14-16-5-7-17(8-6-16)21(31)15-34(32)11-3-4-22(37)33-40/h5-10,12,15,40H,3-4,11,14,31-32H2,1-2H3,(H,33,37)/b21-15-. The van der Waals surface area contributed by atoms with Crippen molar-refractivity contribution in [2.75, 3.05) is 11.4 Å². The van der Waals surface area contributed by atoms with Gasteiger partial charge in [-0.1, -0.05) is 24.3 Å². The summed E-state index contributed by atoms with van der Waals surface area (Å²) in [5.41, 5.74) is 5.68. The molecule has 1 aliphatic rings. The van der Waals surface area contributed by atoms with Crippen molar-refractivity contribution in [1.82, 2.24) is 15.4 Å². The van der Waals surface area contributed by atoms with E-state index < -0.39 is 40.7 Å². The van der Waals surface area contributed by atoms with Gasteiger partial charge in [0.2, 0.25) is 5.91 Å². The van der Waals surface area contributed by atoms with E-state index in [1.54, 1.807) is 24.3 Å². The number of imide groups is 1. The molecule has 2 aromatic rings. The Hall–Kier alpha value is -4.61. The van der Waals surface area contributed by atoms with Crippen molar-refractivity contribution in [2.45, 2.75) is 44.9 Å². The molecule has 3 rings (SSSR count). The van der Waals surface area contributed by atoms with Crippen LogP contribution in [0.1, 0.15) is 48.9 Å². The van der Waals surface area contributed by atoms with Crippen LogP contribution in [0, 0.1) is 11.3 Å². The molecule has 1 aliphatic heterocycles. The van der Waals surface area contributed by atoms with E-state index in [2.05, 4.69) is 0 Å². The Kier molecular flexibility index (Phi) is 8.71. The number of nitriles is 1. The Balaban J connectivity index is 1.77. The number of halogens is 3. The van der Waals surface area contributed by atoms with Crippen molar-refractivity contribution in [3.05, 3.63) is 70.9 Å². The molecular formula is C26H28F3N7O4. The largest absolute Gasteiger partial charge is 0.417 e. The summed E-state index contributed by atoms with van der Waals surface area (Å²) in [7, 11) is 0. The van der Waals surface area contributed by atoms with E-state index in [1.807, 2.05) is 0 Å². The Morgan fingerprint density at radius 2 is 1.85 bits per heavy atom. The molecule has 40 heavy (non-hydrogen) atoms. The number of carbonyl (C=O) groups is 3. The lowest BCUT2D eigenvalue weighted by atomic mass is 10.0. The number of carbonyl (C=O) groups excluding carboxylic acids is 3. The minimum atomic E-state index is -4.85. The SMILES string of the molecule is CC1(C)C(=O)N(c2ccc(C#N)c(C(F)(F)F)c2)C(=O)N1Cc1ccc(/C(N)=C/N(N)CCCC(=O)NO)cc1. The molecule has 0 atom stereocenters. The average molecular weight is 560 g/mol. The van der Waals surface area contributed by atoms with E-state index in [4.69, 9.17) is 22.0 Å². The minimum Gasteiger partial charge on any atom is -0.397 e. The van der Waals surface area contributed by atoms with Gasteiger partial charge in [0.1, 0.15) is 5.54 Å². The fourth-order valence-electron chi connectivity index (χ4n) is 4.11. The van der Waals surface area contributed by atoms with Gasteiger partial charge in [0, 0.05) is 25.7 Å². The van der Waals surface area contributed by atoms with Crippen molar-refractivity contribution in [3.8, 4) is 6.07 Å². The van der Waals surface area contributed by atoms with Gasteiger partial charge in [0.25, 0.3) is 5.91 Å². The molecule has 0 aromatic heterocycles. The molecule has 1 heterocycles. The van der Waals surface area contributed by atoms with Crippen LogP contribution in [-0.2, 0) is 22.3 Å². The summed E-state index contributed by atoms with van der Waals surface area (Å²) in [6.45, 7) is 3.27. The first-order chi connectivity index (χ1) is 18.7. The van der Waals surface area contributed by atoms with Gasteiger partial charge in [0.05, 0.1) is 28.6 Å². The lowest BCUT2D eigenvalue weighted by molar-refractivity contribution is -0.137. The Morgan fingerprint density at radius 3 is 2.42 bits per heavy atom. The van der Waals surface area contributed by atoms with Crippen LogP contribution in [-0.4, -0.2) is 45.0 Å². The molecule has 11 nitrogen and oxygen atoms in total. The third-order valence-corrected chi connectivity index (χ3v) is 6.39. The normalized spacial score (nSPS) is 15.3. The highest BCUT2D eigenvalue weighted by Gasteiger charge is 2.52. The van der Waals surface area contributed by atoms with E-state index in [0.717, 1.165) is 12.1 Å². The Labute approximate surface area is 228 Å². The van der Waals surface area contributed by atoms with Crippen LogP contribution in [0.2, 0.25) is 0 Å². The minimum absolute atomic E-state index is 0.0175. The maximum absolute atomic E-state index is 13.5. The number of nitrogens with one attached hydrogen (secondary N) is 1. The van der Waals surface area contributed by atoms with Crippen LogP contribution in [0.3, 0.4) is 0 Å². The van der Waals surface area contributed by atoms with Crippen LogP contribution >= 0.6 is 0 Å². The number of benzene rings is 2. The zero-order valence-electron chi connectivity index (χ0n) is 21.7. The van der Waals surface area contributed by atoms with Gasteiger partial charge >= 0.3 is 12.2 Å². The topological polar surface area (TPSA) is 169 Å². The molecule has 0 bridgehead atoms. The van der Waals surface area contributed by atoms with E-state index in [-0.39, 0.29) is 18.7 Å². The monoisotopic (exact) mass is 559 g/mol. The second kappa shape index (κ2) is 11.6. The van der Waals surface area contributed by atoms with Crippen LogP contribution in [0.5, 0.6) is 0 Å². The fraction of sp³-hybridized carbons (Fsp3) is 0.308. The molecule has 0 aliphatic carbocycles. The molecule has 1 fully saturated rings. The number of anilines is 1. The van der Waals surface area contributed by atoms with Crippen molar-refractivity contribution in [3.63, 3.8) is 0 Å². The van der Waals surface area contributed by atoms with Crippen molar-refractivity contribution >= 4 is 29.2 Å². The summed E-state index contributed by atoms with van der Waals surface area (Å²) in [6.07, 6.45) is -2.92. The third-order valence-electron chi connectivity index (χ3n) is 6.39. The number of rotatable bonds is 9. The number of urea groups is 1. The zero-order chi connectivity index (χ0) is 29.8. The quantitative estimate of drug-likeness (QED) is 0.157. The number of alkyl halides is 3. The summed E-state index contributed by atoms with van der Waals surface area (Å²) in [5.74, 6) is 4.63. The number of amides is 4. The van der Waals surface area contributed by atoms with Gasteiger partial charge in [-0.2, -0.15) is 18.4 Å². The highest BCUT2D eigenvalue weighted by molar-refractivity contribution is 6.23. The number of nitrogens with two attached hydrogens (primary N) is 2. The molecule has 0 radical (unpaired) electrons. The van der Waals surface area contributed by atoms with E-state index in [0.29, 0.717) is 40.8 Å². The molecule has 4 amide bonds. The van der Waals surface area contributed by atoms with Crippen LogP contribution in [0.4, 0.5) is 23.7 Å². The molecule has 6 N–H and O–H groups in total. The highest BCUT2D eigenvalue weighted by atomic mass is 19.4. The van der Waals surface area contributed by atoms with Crippen LogP contribution in [0.25, 0.3) is 5.70 Å². The Bertz CT molecular complexity index is 1370. The first-order valence-electron chi connectivity index (χ1n) is 12.0. The number of hydroxylamine groups is 1. The number of hydrogen-bond acceptors (Lipinski definition) is 8. The molecule has 0 saturated carbocycles. The lowest BCUT2D eigenvalue weighted by Gasteiger charge is -2.27. The van der Waals surface area contributed by atoms with Gasteiger partial charge in [-0.15, -0.1) is 0 Å². The molecule has 1 saturated heterocycles. The van der Waals surface area contributed by atoms with E-state index >= 15 is 0 Å². The average Bonchev–Trinajstić information content (AvgIpc) is 3.07.